The molecule has 0 saturated carbocycles. The number of amides is 1. The molecule has 2 aliphatic heterocycles. The van der Waals surface area contributed by atoms with E-state index in [2.05, 4.69) is 4.72 Å². The number of sulfonamides is 1. The van der Waals surface area contributed by atoms with E-state index in [-0.39, 0.29) is 23.1 Å². The summed E-state index contributed by atoms with van der Waals surface area (Å²) < 4.78 is 27.8. The van der Waals surface area contributed by atoms with Gasteiger partial charge in [0, 0.05) is 6.54 Å². The van der Waals surface area contributed by atoms with Gasteiger partial charge in [-0.05, 0) is 42.0 Å². The number of hydrogen-bond donors (Lipinski definition) is 2. The van der Waals surface area contributed by atoms with Crippen molar-refractivity contribution in [2.45, 2.75) is 50.5 Å². The van der Waals surface area contributed by atoms with Gasteiger partial charge in [-0.1, -0.05) is 20.3 Å². The van der Waals surface area contributed by atoms with E-state index in [0.29, 0.717) is 24.9 Å². The number of aryl methyl sites for hydroxylation is 1. The summed E-state index contributed by atoms with van der Waals surface area (Å²) in [5.41, 5.74) is 2.38. The van der Waals surface area contributed by atoms with Crippen LogP contribution in [0.25, 0.3) is 0 Å². The number of carbonyl (C=O) groups excluding carboxylic acids is 1. The molecule has 25 heavy (non-hydrogen) atoms. The maximum atomic E-state index is 12.7. The lowest BCUT2D eigenvalue weighted by Crippen LogP contribution is -2.44. The largest absolute Gasteiger partial charge is 0.480 e. The van der Waals surface area contributed by atoms with E-state index in [9.17, 15) is 23.1 Å². The van der Waals surface area contributed by atoms with Crippen LogP contribution in [-0.4, -0.2) is 38.0 Å². The molecule has 0 aromatic heterocycles. The van der Waals surface area contributed by atoms with Gasteiger partial charge in [0.15, 0.2) is 0 Å². The van der Waals surface area contributed by atoms with E-state index in [4.69, 9.17) is 0 Å². The average Bonchev–Trinajstić information content (AvgIpc) is 2.89. The van der Waals surface area contributed by atoms with Crippen LogP contribution in [0, 0.1) is 5.92 Å². The van der Waals surface area contributed by atoms with Crippen LogP contribution in [0.15, 0.2) is 17.0 Å². The predicted molar refractivity (Wildman–Crippen MR) is 92.0 cm³/mol. The minimum absolute atomic E-state index is 0.0125. The van der Waals surface area contributed by atoms with Crippen LogP contribution in [0.2, 0.25) is 0 Å². The Morgan fingerprint density at radius 3 is 2.68 bits per heavy atom. The monoisotopic (exact) mass is 366 g/mol. The maximum absolute atomic E-state index is 12.7. The number of carboxylic acid groups (broad SMARTS) is 1. The first kappa shape index (κ1) is 17.9. The van der Waals surface area contributed by atoms with E-state index in [1.807, 2.05) is 6.92 Å². The third-order valence-corrected chi connectivity index (χ3v) is 6.47. The molecule has 136 valence electrons. The van der Waals surface area contributed by atoms with Crippen LogP contribution in [0.5, 0.6) is 0 Å². The van der Waals surface area contributed by atoms with E-state index < -0.39 is 22.0 Å². The lowest BCUT2D eigenvalue weighted by Gasteiger charge is -2.26. The van der Waals surface area contributed by atoms with Crippen molar-refractivity contribution in [1.29, 1.82) is 0 Å². The molecule has 2 heterocycles. The van der Waals surface area contributed by atoms with Crippen LogP contribution in [0.1, 0.15) is 37.8 Å². The van der Waals surface area contributed by atoms with Gasteiger partial charge in [0.05, 0.1) is 17.0 Å². The van der Waals surface area contributed by atoms with Crippen molar-refractivity contribution in [3.8, 4) is 0 Å². The Kier molecular flexibility index (Phi) is 4.59. The number of aliphatic carboxylic acids is 1. The molecule has 0 unspecified atom stereocenters. The number of hydrogen-bond acceptors (Lipinski definition) is 4. The van der Waals surface area contributed by atoms with E-state index >= 15 is 0 Å². The SMILES string of the molecule is CC[C@H](C)[C@H](NS(=O)(=O)c1cc2c3c(c1)CC(=O)N3CCC2)C(=O)O. The molecule has 1 amide bonds. The van der Waals surface area contributed by atoms with Crippen LogP contribution in [-0.2, 0) is 32.5 Å². The van der Waals surface area contributed by atoms with Crippen LogP contribution in [0.3, 0.4) is 0 Å². The van der Waals surface area contributed by atoms with Crippen molar-refractivity contribution in [3.63, 3.8) is 0 Å². The molecule has 3 rings (SSSR count). The molecule has 0 saturated heterocycles. The van der Waals surface area contributed by atoms with Crippen LogP contribution >= 0.6 is 0 Å². The quantitative estimate of drug-likeness (QED) is 0.790. The molecule has 0 bridgehead atoms. The zero-order valence-electron chi connectivity index (χ0n) is 14.3. The lowest BCUT2D eigenvalue weighted by molar-refractivity contribution is -0.140. The topological polar surface area (TPSA) is 104 Å². The fourth-order valence-electron chi connectivity index (χ4n) is 3.48. The standard InChI is InChI=1S/C17H22N2O5S/c1-3-10(2)15(17(21)22)18-25(23,24)13-7-11-5-4-6-19-14(20)9-12(8-13)16(11)19/h7-8,10,15,18H,3-6,9H2,1-2H3,(H,21,22)/t10-,15-/m0/s1. The maximum Gasteiger partial charge on any atom is 0.322 e. The van der Waals surface area contributed by atoms with Gasteiger partial charge in [0.1, 0.15) is 6.04 Å². The van der Waals surface area contributed by atoms with Gasteiger partial charge >= 0.3 is 5.97 Å². The summed E-state index contributed by atoms with van der Waals surface area (Å²) in [5, 5.41) is 9.34. The predicted octanol–water partition coefficient (Wildman–Crippen LogP) is 1.30. The molecule has 0 radical (unpaired) electrons. The van der Waals surface area contributed by atoms with Gasteiger partial charge in [0.25, 0.3) is 0 Å². The molecule has 0 spiro atoms. The molecular weight excluding hydrogens is 344 g/mol. The van der Waals surface area contributed by atoms with Gasteiger partial charge in [-0.3, -0.25) is 9.59 Å². The fraction of sp³-hybridized carbons (Fsp3) is 0.529. The molecule has 2 atom stereocenters. The number of nitrogens with zero attached hydrogens (tertiary/aromatic N) is 1. The Bertz CT molecular complexity index is 834. The van der Waals surface area contributed by atoms with E-state index in [1.165, 1.54) is 6.07 Å². The summed E-state index contributed by atoms with van der Waals surface area (Å²) in [7, 11) is -3.99. The molecule has 2 N–H and O–H groups in total. The Labute approximate surface area is 147 Å². The number of benzene rings is 1. The summed E-state index contributed by atoms with van der Waals surface area (Å²) in [6.45, 7) is 4.18. The minimum Gasteiger partial charge on any atom is -0.480 e. The van der Waals surface area contributed by atoms with Crippen molar-refractivity contribution in [1.82, 2.24) is 4.72 Å². The van der Waals surface area contributed by atoms with Crippen LogP contribution in [0.4, 0.5) is 5.69 Å². The smallest absolute Gasteiger partial charge is 0.322 e. The van der Waals surface area contributed by atoms with Crippen molar-refractivity contribution < 1.29 is 23.1 Å². The zero-order valence-corrected chi connectivity index (χ0v) is 15.1. The lowest BCUT2D eigenvalue weighted by atomic mass is 10.0. The molecule has 8 heteroatoms. The number of anilines is 1. The van der Waals surface area contributed by atoms with Crippen molar-refractivity contribution in [3.05, 3.63) is 23.3 Å². The normalized spacial score (nSPS) is 18.8. The van der Waals surface area contributed by atoms with Gasteiger partial charge < -0.3 is 10.0 Å². The van der Waals surface area contributed by atoms with Gasteiger partial charge in [-0.25, -0.2) is 8.42 Å². The van der Waals surface area contributed by atoms with Crippen molar-refractivity contribution in [2.24, 2.45) is 5.92 Å². The number of carbonyl (C=O) groups is 2. The zero-order chi connectivity index (χ0) is 18.4. The van der Waals surface area contributed by atoms with Gasteiger partial charge in [-0.2, -0.15) is 4.72 Å². The highest BCUT2D eigenvalue weighted by Gasteiger charge is 2.35. The summed E-state index contributed by atoms with van der Waals surface area (Å²) in [5.74, 6) is -1.54. The second kappa shape index (κ2) is 6.42. The Morgan fingerprint density at radius 2 is 2.04 bits per heavy atom. The molecule has 7 nitrogen and oxygen atoms in total. The Balaban J connectivity index is 1.98. The number of carboxylic acids is 1. The second-order valence-electron chi connectivity index (χ2n) is 6.74. The first-order valence-corrected chi connectivity index (χ1v) is 9.94. The molecule has 1 aromatic rings. The molecule has 2 aliphatic rings. The third kappa shape index (κ3) is 3.16. The second-order valence-corrected chi connectivity index (χ2v) is 8.45. The summed E-state index contributed by atoms with van der Waals surface area (Å²) in [4.78, 5) is 25.3. The first-order valence-electron chi connectivity index (χ1n) is 8.46. The highest BCUT2D eigenvalue weighted by molar-refractivity contribution is 7.89. The molecular formula is C17H22N2O5S. The highest BCUT2D eigenvalue weighted by atomic mass is 32.2. The Morgan fingerprint density at radius 1 is 1.36 bits per heavy atom. The van der Waals surface area contributed by atoms with E-state index in [0.717, 1.165) is 17.7 Å². The van der Waals surface area contributed by atoms with Crippen molar-refractivity contribution in [2.75, 3.05) is 11.4 Å². The van der Waals surface area contributed by atoms with Crippen molar-refractivity contribution >= 4 is 27.6 Å². The summed E-state index contributed by atoms with van der Waals surface area (Å²) >= 11 is 0. The molecule has 1 aromatic carbocycles. The summed E-state index contributed by atoms with van der Waals surface area (Å²) in [6.07, 6.45) is 2.24. The molecule has 0 fully saturated rings. The number of rotatable bonds is 6. The minimum atomic E-state index is -3.99. The van der Waals surface area contributed by atoms with Gasteiger partial charge in [-0.15, -0.1) is 0 Å². The van der Waals surface area contributed by atoms with Crippen LogP contribution < -0.4 is 9.62 Å². The highest BCUT2D eigenvalue weighted by Crippen LogP contribution is 2.38. The number of nitrogens with one attached hydrogen (secondary N) is 1. The van der Waals surface area contributed by atoms with E-state index in [1.54, 1.807) is 17.9 Å². The average molecular weight is 366 g/mol. The Hall–Kier alpha value is -1.93. The third-order valence-electron chi connectivity index (χ3n) is 5.05. The first-order chi connectivity index (χ1) is 11.7. The molecule has 0 aliphatic carbocycles. The summed E-state index contributed by atoms with van der Waals surface area (Å²) in [6, 6.07) is 1.89. The fourth-order valence-corrected chi connectivity index (χ4v) is 4.88. The van der Waals surface area contributed by atoms with Gasteiger partial charge in [0.2, 0.25) is 15.9 Å².